The predicted octanol–water partition coefficient (Wildman–Crippen LogP) is 5.62. The second-order valence-corrected chi connectivity index (χ2v) is 13.2. The first-order valence-corrected chi connectivity index (χ1v) is 16.0. The maximum Gasteiger partial charge on any atom is 0.264 e. The summed E-state index contributed by atoms with van der Waals surface area (Å²) in [6.07, 6.45) is 5.32. The summed E-state index contributed by atoms with van der Waals surface area (Å²) in [5, 5.41) is 8.05. The van der Waals surface area contributed by atoms with Gasteiger partial charge in [-0.15, -0.1) is 0 Å². The number of nitrogens with one attached hydrogen (secondary N) is 2. The lowest BCUT2D eigenvalue weighted by Gasteiger charge is -2.19. The lowest BCUT2D eigenvalue weighted by molar-refractivity contribution is 0.0951. The van der Waals surface area contributed by atoms with Gasteiger partial charge in [0.05, 0.1) is 10.6 Å². The number of aromatic nitrogens is 3. The number of hydrogen-bond donors (Lipinski definition) is 2. The average molecular weight is 611 g/mol. The zero-order chi connectivity index (χ0) is 30.1. The number of benzene rings is 2. The van der Waals surface area contributed by atoms with Crippen LogP contribution in [0.3, 0.4) is 0 Å². The van der Waals surface area contributed by atoms with Gasteiger partial charge < -0.3 is 15.2 Å². The highest BCUT2D eigenvalue weighted by Crippen LogP contribution is 2.41. The number of fused-ring (bicyclic) bond motifs is 3. The van der Waals surface area contributed by atoms with Crippen LogP contribution in [0, 0.1) is 0 Å². The zero-order valence-electron chi connectivity index (χ0n) is 23.9. The molecule has 0 unspecified atom stereocenters. The predicted molar refractivity (Wildman–Crippen MR) is 173 cm³/mol. The molecule has 1 amide bonds. The van der Waals surface area contributed by atoms with Crippen molar-refractivity contribution < 1.29 is 13.2 Å². The van der Waals surface area contributed by atoms with Crippen LogP contribution in [0.15, 0.2) is 94.9 Å². The zero-order valence-corrected chi connectivity index (χ0v) is 25.5. The van der Waals surface area contributed by atoms with Crippen molar-refractivity contribution in [3.05, 3.63) is 95.6 Å². The number of aromatic amines is 1. The maximum atomic E-state index is 13.3. The summed E-state index contributed by atoms with van der Waals surface area (Å²) in [5.74, 6) is -0.123. The Balaban J connectivity index is 1.47. The Morgan fingerprint density at radius 3 is 2.44 bits per heavy atom. The molecule has 9 nitrogen and oxygen atoms in total. The molecule has 0 aliphatic rings. The molecule has 11 heteroatoms. The number of likely N-dealkylation sites (N-methyl/N-ethyl adjacent to an activating group) is 1. The minimum absolute atomic E-state index is 0.123. The molecule has 6 rings (SSSR count). The van der Waals surface area contributed by atoms with Crippen molar-refractivity contribution >= 4 is 54.9 Å². The maximum absolute atomic E-state index is 13.3. The van der Waals surface area contributed by atoms with Crippen LogP contribution in [0.5, 0.6) is 0 Å². The Morgan fingerprint density at radius 1 is 0.977 bits per heavy atom. The van der Waals surface area contributed by atoms with Gasteiger partial charge in [-0.25, -0.2) is 13.4 Å². The topological polar surface area (TPSA) is 111 Å². The molecule has 2 aromatic carbocycles. The van der Waals surface area contributed by atoms with Gasteiger partial charge in [-0.3, -0.25) is 14.1 Å². The van der Waals surface area contributed by atoms with Gasteiger partial charge in [0.2, 0.25) is 0 Å². The molecule has 6 aromatic rings. The molecule has 0 bridgehead atoms. The third-order valence-corrected chi connectivity index (χ3v) is 10.0. The summed E-state index contributed by atoms with van der Waals surface area (Å²) in [5.41, 5.74) is 6.28. The van der Waals surface area contributed by atoms with Crippen molar-refractivity contribution in [2.45, 2.75) is 4.90 Å². The third-order valence-electron chi connectivity index (χ3n) is 7.39. The van der Waals surface area contributed by atoms with E-state index in [0.29, 0.717) is 23.4 Å². The van der Waals surface area contributed by atoms with E-state index in [1.807, 2.05) is 73.7 Å². The molecule has 43 heavy (non-hydrogen) atoms. The fraction of sp³-hybridized carbons (Fsp3) is 0.156. The Labute approximate surface area is 253 Å². The third kappa shape index (κ3) is 5.50. The second kappa shape index (κ2) is 11.6. The van der Waals surface area contributed by atoms with Crippen molar-refractivity contribution in [2.24, 2.45) is 0 Å². The smallest absolute Gasteiger partial charge is 0.264 e. The largest absolute Gasteiger partial charge is 0.351 e. The van der Waals surface area contributed by atoms with Gasteiger partial charge in [-0.05, 0) is 79.1 Å². The van der Waals surface area contributed by atoms with E-state index in [-0.39, 0.29) is 10.8 Å². The molecule has 0 saturated heterocycles. The average Bonchev–Trinajstić information content (AvgIpc) is 3.69. The van der Waals surface area contributed by atoms with E-state index < -0.39 is 10.0 Å². The summed E-state index contributed by atoms with van der Waals surface area (Å²) in [6, 6.07) is 18.5. The number of anilines is 1. The van der Waals surface area contributed by atoms with Gasteiger partial charge in [-0.2, -0.15) is 11.3 Å². The first kappa shape index (κ1) is 28.5. The summed E-state index contributed by atoms with van der Waals surface area (Å²) in [4.78, 5) is 27.3. The number of amides is 1. The van der Waals surface area contributed by atoms with Crippen LogP contribution in [0.1, 0.15) is 10.4 Å². The molecule has 0 fully saturated rings. The van der Waals surface area contributed by atoms with Crippen LogP contribution in [-0.4, -0.2) is 68.4 Å². The van der Waals surface area contributed by atoms with E-state index in [2.05, 4.69) is 15.3 Å². The number of nitrogens with zero attached hydrogens (tertiary/aromatic N) is 4. The summed E-state index contributed by atoms with van der Waals surface area (Å²) < 4.78 is 27.9. The normalized spacial score (nSPS) is 11.8. The van der Waals surface area contributed by atoms with Crippen molar-refractivity contribution in [3.8, 4) is 22.3 Å². The molecule has 0 radical (unpaired) electrons. The number of hydrogen-bond acceptors (Lipinski definition) is 7. The van der Waals surface area contributed by atoms with Crippen LogP contribution in [0.25, 0.3) is 44.2 Å². The molecular weight excluding hydrogens is 581 g/mol. The first-order chi connectivity index (χ1) is 20.7. The SMILES string of the molecule is CN(C)CCNC(=O)c1ccc(-c2cnc3[nH]c4ccc(N(C)S(=O)(=O)c5ccsc5)cc4c3c2-c2ccncc2)cc1. The van der Waals surface area contributed by atoms with Crippen molar-refractivity contribution in [1.82, 2.24) is 25.2 Å². The van der Waals surface area contributed by atoms with Gasteiger partial charge in [0.1, 0.15) is 5.65 Å². The molecule has 0 spiro atoms. The summed E-state index contributed by atoms with van der Waals surface area (Å²) in [6.45, 7) is 1.32. The number of rotatable bonds is 9. The van der Waals surface area contributed by atoms with Gasteiger partial charge in [0.15, 0.2) is 0 Å². The first-order valence-electron chi connectivity index (χ1n) is 13.6. The Morgan fingerprint density at radius 2 is 1.74 bits per heavy atom. The fourth-order valence-corrected chi connectivity index (χ4v) is 7.27. The highest BCUT2D eigenvalue weighted by atomic mass is 32.2. The van der Waals surface area contributed by atoms with E-state index in [4.69, 9.17) is 4.98 Å². The van der Waals surface area contributed by atoms with Gasteiger partial charge in [0.25, 0.3) is 15.9 Å². The highest BCUT2D eigenvalue weighted by molar-refractivity contribution is 7.93. The van der Waals surface area contributed by atoms with Crippen molar-refractivity contribution in [3.63, 3.8) is 0 Å². The fourth-order valence-electron chi connectivity index (χ4n) is 5.07. The Kier molecular flexibility index (Phi) is 7.70. The molecule has 2 N–H and O–H groups in total. The van der Waals surface area contributed by atoms with E-state index in [9.17, 15) is 13.2 Å². The molecule has 218 valence electrons. The van der Waals surface area contributed by atoms with Gasteiger partial charge in [0, 0.05) is 77.1 Å². The molecule has 4 heterocycles. The quantitative estimate of drug-likeness (QED) is 0.220. The van der Waals surface area contributed by atoms with E-state index in [1.165, 1.54) is 15.6 Å². The van der Waals surface area contributed by atoms with E-state index >= 15 is 0 Å². The molecule has 0 aliphatic heterocycles. The van der Waals surface area contributed by atoms with Crippen LogP contribution in [0.4, 0.5) is 5.69 Å². The number of pyridine rings is 2. The second-order valence-electron chi connectivity index (χ2n) is 10.4. The van der Waals surface area contributed by atoms with Gasteiger partial charge in [-0.1, -0.05) is 12.1 Å². The Bertz CT molecular complexity index is 2020. The molecular formula is C32H30N6O3S2. The Hall–Kier alpha value is -4.58. The van der Waals surface area contributed by atoms with Crippen molar-refractivity contribution in [1.29, 1.82) is 0 Å². The molecule has 0 aliphatic carbocycles. The summed E-state index contributed by atoms with van der Waals surface area (Å²) in [7, 11) is 1.78. The van der Waals surface area contributed by atoms with Crippen LogP contribution in [0.2, 0.25) is 0 Å². The van der Waals surface area contributed by atoms with Crippen molar-refractivity contribution in [2.75, 3.05) is 38.5 Å². The highest BCUT2D eigenvalue weighted by Gasteiger charge is 2.23. The minimum atomic E-state index is -3.71. The standard InChI is InChI=1S/C32H30N6O3S2/c1-37(2)16-15-34-32(39)23-6-4-21(5-7-23)27-19-35-31-30(29(27)22-10-13-33-14-11-22)26-18-24(8-9-28(26)36-31)38(3)43(40,41)25-12-17-42-20-25/h4-14,17-20H,15-16H2,1-3H3,(H,34,39)(H,35,36). The van der Waals surface area contributed by atoms with E-state index in [0.717, 1.165) is 45.1 Å². The van der Waals surface area contributed by atoms with E-state index in [1.54, 1.807) is 42.3 Å². The number of H-pyrrole nitrogens is 1. The molecule has 4 aromatic heterocycles. The number of thiophene rings is 1. The number of sulfonamides is 1. The van der Waals surface area contributed by atoms with Gasteiger partial charge >= 0.3 is 0 Å². The minimum Gasteiger partial charge on any atom is -0.351 e. The number of carbonyl (C=O) groups is 1. The lowest BCUT2D eigenvalue weighted by atomic mass is 9.93. The lowest BCUT2D eigenvalue weighted by Crippen LogP contribution is -2.31. The number of carbonyl (C=O) groups excluding carboxylic acids is 1. The monoisotopic (exact) mass is 610 g/mol. The van der Waals surface area contributed by atoms with Crippen LogP contribution < -0.4 is 9.62 Å². The van der Waals surface area contributed by atoms with Crippen LogP contribution in [-0.2, 0) is 10.0 Å². The summed E-state index contributed by atoms with van der Waals surface area (Å²) >= 11 is 1.34. The van der Waals surface area contributed by atoms with Crippen LogP contribution >= 0.6 is 11.3 Å². The molecule has 0 saturated carbocycles. The molecule has 0 atom stereocenters.